The zero-order valence-corrected chi connectivity index (χ0v) is 12.1. The van der Waals surface area contributed by atoms with E-state index in [-0.39, 0.29) is 12.1 Å². The first-order valence-electron chi connectivity index (χ1n) is 6.97. The molecule has 1 aromatic heterocycles. The van der Waals surface area contributed by atoms with Crippen LogP contribution in [-0.4, -0.2) is 6.03 Å². The first kappa shape index (κ1) is 13.2. The van der Waals surface area contributed by atoms with Crippen molar-refractivity contribution in [1.82, 2.24) is 10.6 Å². The number of carbonyl (C=O) groups is 1. The minimum absolute atomic E-state index is 0.0853. The molecule has 1 heterocycles. The molecule has 1 aromatic carbocycles. The number of fused-ring (bicyclic) bond motifs is 1. The van der Waals surface area contributed by atoms with Gasteiger partial charge >= 0.3 is 6.03 Å². The van der Waals surface area contributed by atoms with Gasteiger partial charge in [-0.05, 0) is 41.8 Å². The van der Waals surface area contributed by atoms with Crippen molar-refractivity contribution in [2.24, 2.45) is 0 Å². The zero-order valence-electron chi connectivity index (χ0n) is 11.3. The van der Waals surface area contributed by atoms with Crippen molar-refractivity contribution in [3.63, 3.8) is 0 Å². The molecule has 0 saturated carbocycles. The van der Waals surface area contributed by atoms with E-state index in [2.05, 4.69) is 22.1 Å². The Morgan fingerprint density at radius 3 is 2.95 bits per heavy atom. The van der Waals surface area contributed by atoms with Crippen LogP contribution in [0.3, 0.4) is 0 Å². The number of aryl methyl sites for hydroxylation is 1. The molecular formula is C16H18N2OS. The lowest BCUT2D eigenvalue weighted by Crippen LogP contribution is -2.38. The summed E-state index contributed by atoms with van der Waals surface area (Å²) in [5.41, 5.74) is 2.42. The molecule has 0 radical (unpaired) electrons. The van der Waals surface area contributed by atoms with E-state index in [0.717, 1.165) is 24.8 Å². The monoisotopic (exact) mass is 286 g/mol. The van der Waals surface area contributed by atoms with Crippen molar-refractivity contribution in [3.05, 3.63) is 57.8 Å². The van der Waals surface area contributed by atoms with Gasteiger partial charge in [0.1, 0.15) is 0 Å². The Morgan fingerprint density at radius 1 is 1.25 bits per heavy atom. The minimum atomic E-state index is -0.0853. The maximum absolute atomic E-state index is 12.0. The van der Waals surface area contributed by atoms with Crippen LogP contribution < -0.4 is 10.6 Å². The number of hydrogen-bond donors (Lipinski definition) is 2. The molecule has 1 unspecified atom stereocenters. The summed E-state index contributed by atoms with van der Waals surface area (Å²) in [7, 11) is 0. The van der Waals surface area contributed by atoms with Gasteiger partial charge in [0, 0.05) is 11.4 Å². The molecule has 0 bridgehead atoms. The Balaban J connectivity index is 1.55. The Bertz CT molecular complexity index is 579. The molecule has 0 fully saturated rings. The van der Waals surface area contributed by atoms with Gasteiger partial charge in [-0.15, -0.1) is 11.3 Å². The normalized spacial score (nSPS) is 17.3. The number of benzene rings is 1. The molecule has 2 aromatic rings. The number of hydrogen-bond acceptors (Lipinski definition) is 2. The summed E-state index contributed by atoms with van der Waals surface area (Å²) in [5, 5.41) is 8.13. The van der Waals surface area contributed by atoms with E-state index in [4.69, 9.17) is 0 Å². The predicted octanol–water partition coefficient (Wildman–Crippen LogP) is 3.62. The summed E-state index contributed by atoms with van der Waals surface area (Å²) < 4.78 is 0. The summed E-state index contributed by atoms with van der Waals surface area (Å²) in [6.45, 7) is 0.565. The highest BCUT2D eigenvalue weighted by Gasteiger charge is 2.22. The van der Waals surface area contributed by atoms with Crippen LogP contribution >= 0.6 is 11.3 Å². The average molecular weight is 286 g/mol. The third kappa shape index (κ3) is 3.02. The lowest BCUT2D eigenvalue weighted by molar-refractivity contribution is 0.235. The summed E-state index contributed by atoms with van der Waals surface area (Å²) in [4.78, 5) is 13.4. The molecule has 1 aliphatic rings. The molecule has 1 aliphatic carbocycles. The van der Waals surface area contributed by atoms with Crippen molar-refractivity contribution in [2.45, 2.75) is 31.8 Å². The maximum Gasteiger partial charge on any atom is 0.315 e. The number of amides is 2. The third-order valence-electron chi connectivity index (χ3n) is 3.65. The fourth-order valence-corrected chi connectivity index (χ4v) is 3.61. The van der Waals surface area contributed by atoms with Crippen LogP contribution in [0.1, 0.15) is 34.9 Å². The summed E-state index contributed by atoms with van der Waals surface area (Å²) in [6.07, 6.45) is 3.33. The zero-order chi connectivity index (χ0) is 13.8. The summed E-state index contributed by atoms with van der Waals surface area (Å²) >= 11 is 1.79. The maximum atomic E-state index is 12.0. The van der Waals surface area contributed by atoms with Crippen LogP contribution in [0.15, 0.2) is 41.8 Å². The van der Waals surface area contributed by atoms with Gasteiger partial charge in [0.15, 0.2) is 0 Å². The molecule has 104 valence electrons. The molecule has 3 rings (SSSR count). The van der Waals surface area contributed by atoms with Crippen molar-refractivity contribution in [1.29, 1.82) is 0 Å². The standard InChI is InChI=1S/C16H18N2OS/c19-16(17-11-12-5-2-1-3-6-12)18-14-7-4-8-15-13(14)9-10-20-15/h1-3,5-6,9-10,14H,4,7-8,11H2,(H2,17,18,19). The molecule has 0 aliphatic heterocycles. The predicted molar refractivity (Wildman–Crippen MR) is 81.8 cm³/mol. The largest absolute Gasteiger partial charge is 0.334 e. The first-order valence-corrected chi connectivity index (χ1v) is 7.85. The lowest BCUT2D eigenvalue weighted by Gasteiger charge is -2.23. The lowest BCUT2D eigenvalue weighted by atomic mass is 9.94. The SMILES string of the molecule is O=C(NCc1ccccc1)NC1CCCc2sccc21. The molecule has 2 amide bonds. The Labute approximate surface area is 123 Å². The van der Waals surface area contributed by atoms with Crippen LogP contribution in [-0.2, 0) is 13.0 Å². The van der Waals surface area contributed by atoms with E-state index in [0.29, 0.717) is 6.54 Å². The number of rotatable bonds is 3. The highest BCUT2D eigenvalue weighted by Crippen LogP contribution is 2.33. The van der Waals surface area contributed by atoms with E-state index < -0.39 is 0 Å². The molecule has 20 heavy (non-hydrogen) atoms. The molecule has 4 heteroatoms. The Hall–Kier alpha value is -1.81. The fourth-order valence-electron chi connectivity index (χ4n) is 2.62. The van der Waals surface area contributed by atoms with Gasteiger partial charge in [-0.2, -0.15) is 0 Å². The van der Waals surface area contributed by atoms with Crippen LogP contribution in [0.2, 0.25) is 0 Å². The topological polar surface area (TPSA) is 41.1 Å². The molecular weight excluding hydrogens is 268 g/mol. The van der Waals surface area contributed by atoms with Crippen molar-refractivity contribution >= 4 is 17.4 Å². The first-order chi connectivity index (χ1) is 9.83. The fraction of sp³-hybridized carbons (Fsp3) is 0.312. The second kappa shape index (κ2) is 6.09. The van der Waals surface area contributed by atoms with Gasteiger partial charge in [-0.25, -0.2) is 4.79 Å². The van der Waals surface area contributed by atoms with Gasteiger partial charge in [0.25, 0.3) is 0 Å². The molecule has 1 atom stereocenters. The Kier molecular flexibility index (Phi) is 4.02. The van der Waals surface area contributed by atoms with Crippen LogP contribution in [0.4, 0.5) is 4.79 Å². The second-order valence-corrected chi connectivity index (χ2v) is 6.06. The highest BCUT2D eigenvalue weighted by molar-refractivity contribution is 7.10. The van der Waals surface area contributed by atoms with Crippen molar-refractivity contribution in [3.8, 4) is 0 Å². The third-order valence-corrected chi connectivity index (χ3v) is 4.65. The summed E-state index contributed by atoms with van der Waals surface area (Å²) in [6, 6.07) is 12.2. The number of carbonyl (C=O) groups excluding carboxylic acids is 1. The molecule has 0 spiro atoms. The Morgan fingerprint density at radius 2 is 2.10 bits per heavy atom. The molecule has 3 nitrogen and oxygen atoms in total. The van der Waals surface area contributed by atoms with Crippen molar-refractivity contribution in [2.75, 3.05) is 0 Å². The average Bonchev–Trinajstić information content (AvgIpc) is 2.96. The quantitative estimate of drug-likeness (QED) is 0.889. The number of urea groups is 1. The van der Waals surface area contributed by atoms with Gasteiger partial charge < -0.3 is 10.6 Å². The summed E-state index contributed by atoms with van der Waals surface area (Å²) in [5.74, 6) is 0. The second-order valence-electron chi connectivity index (χ2n) is 5.06. The van der Waals surface area contributed by atoms with Gasteiger partial charge in [-0.1, -0.05) is 30.3 Å². The highest BCUT2D eigenvalue weighted by atomic mass is 32.1. The van der Waals surface area contributed by atoms with Gasteiger partial charge in [0.2, 0.25) is 0 Å². The van der Waals surface area contributed by atoms with E-state index in [9.17, 15) is 4.79 Å². The van der Waals surface area contributed by atoms with Crippen LogP contribution in [0.5, 0.6) is 0 Å². The molecule has 2 N–H and O–H groups in total. The van der Waals surface area contributed by atoms with E-state index in [1.807, 2.05) is 30.3 Å². The van der Waals surface area contributed by atoms with Crippen LogP contribution in [0.25, 0.3) is 0 Å². The van der Waals surface area contributed by atoms with E-state index >= 15 is 0 Å². The minimum Gasteiger partial charge on any atom is -0.334 e. The number of nitrogens with one attached hydrogen (secondary N) is 2. The number of thiophene rings is 1. The van der Waals surface area contributed by atoms with Crippen LogP contribution in [0, 0.1) is 0 Å². The van der Waals surface area contributed by atoms with E-state index in [1.54, 1.807) is 11.3 Å². The smallest absolute Gasteiger partial charge is 0.315 e. The van der Waals surface area contributed by atoms with E-state index in [1.165, 1.54) is 10.4 Å². The molecule has 0 saturated heterocycles. The van der Waals surface area contributed by atoms with Crippen molar-refractivity contribution < 1.29 is 4.79 Å². The van der Waals surface area contributed by atoms with Gasteiger partial charge in [-0.3, -0.25) is 0 Å². The van der Waals surface area contributed by atoms with Gasteiger partial charge in [0.05, 0.1) is 6.04 Å².